The molecule has 0 spiro atoms. The van der Waals surface area contributed by atoms with Gasteiger partial charge >= 0.3 is 6.18 Å². The molecule has 0 heterocycles. The minimum atomic E-state index is -4.42. The van der Waals surface area contributed by atoms with Crippen LogP contribution < -0.4 is 0 Å². The van der Waals surface area contributed by atoms with Gasteiger partial charge < -0.3 is 0 Å². The van der Waals surface area contributed by atoms with Crippen LogP contribution >= 0.6 is 0 Å². The molecule has 0 aromatic heterocycles. The molecule has 0 aliphatic rings. The van der Waals surface area contributed by atoms with Gasteiger partial charge in [0.1, 0.15) is 0 Å². The van der Waals surface area contributed by atoms with Crippen molar-refractivity contribution in [2.75, 3.05) is 0 Å². The summed E-state index contributed by atoms with van der Waals surface area (Å²) in [6.07, 6.45) is -4.42. The van der Waals surface area contributed by atoms with Crippen molar-refractivity contribution < 1.29 is 21.6 Å². The predicted molar refractivity (Wildman–Crippen MR) is 40.0 cm³/mol. The first-order chi connectivity index (χ1) is 5.91. The fourth-order valence-electron chi connectivity index (χ4n) is 0.772. The van der Waals surface area contributed by atoms with Crippen LogP contribution in [0.1, 0.15) is 5.56 Å². The van der Waals surface area contributed by atoms with E-state index in [0.29, 0.717) is 0 Å². The number of hydrogen-bond donors (Lipinski definition) is 1. The summed E-state index contributed by atoms with van der Waals surface area (Å²) in [7, 11) is -2.81. The van der Waals surface area contributed by atoms with Gasteiger partial charge in [-0.1, -0.05) is 0 Å². The Morgan fingerprint density at radius 2 is 1.46 bits per heavy atom. The lowest BCUT2D eigenvalue weighted by Gasteiger charge is -2.05. The Kier molecular flexibility index (Phi) is 2.60. The van der Waals surface area contributed by atoms with Crippen molar-refractivity contribution in [2.45, 2.75) is 11.1 Å². The predicted octanol–water partition coefficient (Wildman–Crippen LogP) is 1.68. The maximum absolute atomic E-state index is 12.0. The van der Waals surface area contributed by atoms with Crippen molar-refractivity contribution in [3.63, 3.8) is 0 Å². The lowest BCUT2D eigenvalue weighted by atomic mass is 10.2. The number of hydrogen-bond acceptors (Lipinski definition) is 2. The molecule has 0 fully saturated rings. The van der Waals surface area contributed by atoms with Crippen LogP contribution in [-0.2, 0) is 16.9 Å². The van der Waals surface area contributed by atoms with E-state index in [1.54, 1.807) is 0 Å². The highest BCUT2D eigenvalue weighted by Gasteiger charge is 2.29. The van der Waals surface area contributed by atoms with Crippen LogP contribution in [0.5, 0.6) is 0 Å². The van der Waals surface area contributed by atoms with Gasteiger partial charge in [-0.3, -0.25) is 0 Å². The third kappa shape index (κ3) is 2.45. The zero-order valence-corrected chi connectivity index (χ0v) is 7.10. The Balaban J connectivity index is 3.08. The molecular weight excluding hydrogens is 205 g/mol. The highest BCUT2D eigenvalue weighted by Crippen LogP contribution is 2.29. The summed E-state index contributed by atoms with van der Waals surface area (Å²) >= 11 is 0. The minimum absolute atomic E-state index is 0.122. The average molecular weight is 210 g/mol. The first kappa shape index (κ1) is 10.0. The van der Waals surface area contributed by atoms with E-state index in [-0.39, 0.29) is 4.90 Å². The van der Waals surface area contributed by atoms with Gasteiger partial charge in [-0.25, -0.2) is 8.42 Å². The Labute approximate surface area is 74.0 Å². The zero-order chi connectivity index (χ0) is 10.1. The van der Waals surface area contributed by atoms with Gasteiger partial charge in [0.15, 0.2) is 10.7 Å². The summed E-state index contributed by atoms with van der Waals surface area (Å²) in [5, 5.41) is 0. The van der Waals surface area contributed by atoms with Crippen LogP contribution in [0.4, 0.5) is 13.2 Å². The second kappa shape index (κ2) is 3.37. The van der Waals surface area contributed by atoms with Crippen molar-refractivity contribution in [3.8, 4) is 0 Å². The molecule has 0 atom stereocenters. The second-order valence-electron chi connectivity index (χ2n) is 2.30. The standard InChI is InChI=1S/C7H5F3O2S/c8-7(9,10)5-1-3-6(4-2-5)13(11)12/h1-4,13H. The van der Waals surface area contributed by atoms with Gasteiger partial charge in [-0.2, -0.15) is 13.2 Å². The average Bonchev–Trinajstić information content (AvgIpc) is 2.03. The molecule has 0 saturated carbocycles. The lowest BCUT2D eigenvalue weighted by molar-refractivity contribution is -0.137. The summed E-state index contributed by atoms with van der Waals surface area (Å²) in [5.41, 5.74) is -0.854. The summed E-state index contributed by atoms with van der Waals surface area (Å²) in [6.45, 7) is 0. The molecular formula is C7H5F3O2S. The van der Waals surface area contributed by atoms with Gasteiger partial charge in [0.05, 0.1) is 10.5 Å². The van der Waals surface area contributed by atoms with Gasteiger partial charge in [-0.05, 0) is 24.3 Å². The molecule has 1 rings (SSSR count). The quantitative estimate of drug-likeness (QED) is 0.715. The third-order valence-electron chi connectivity index (χ3n) is 1.41. The molecule has 1 aromatic rings. The van der Waals surface area contributed by atoms with E-state index in [1.807, 2.05) is 0 Å². The Morgan fingerprint density at radius 3 is 1.77 bits per heavy atom. The number of halogens is 3. The molecule has 0 aliphatic carbocycles. The Morgan fingerprint density at radius 1 is 1.00 bits per heavy atom. The van der Waals surface area contributed by atoms with E-state index < -0.39 is 22.4 Å². The minimum Gasteiger partial charge on any atom is -0.227 e. The second-order valence-corrected chi connectivity index (χ2v) is 3.33. The molecule has 0 unspecified atom stereocenters. The maximum atomic E-state index is 12.0. The summed E-state index contributed by atoms with van der Waals surface area (Å²) in [4.78, 5) is -0.122. The molecule has 1 aromatic carbocycles. The van der Waals surface area contributed by atoms with Crippen molar-refractivity contribution in [1.82, 2.24) is 0 Å². The molecule has 0 radical (unpaired) electrons. The Bertz CT molecular complexity index is 356. The summed E-state index contributed by atoms with van der Waals surface area (Å²) in [6, 6.07) is 3.32. The van der Waals surface area contributed by atoms with Crippen LogP contribution in [0.2, 0.25) is 0 Å². The van der Waals surface area contributed by atoms with Gasteiger partial charge in [0.2, 0.25) is 0 Å². The number of rotatable bonds is 1. The smallest absolute Gasteiger partial charge is 0.227 e. The zero-order valence-electron chi connectivity index (χ0n) is 6.21. The van der Waals surface area contributed by atoms with E-state index in [0.717, 1.165) is 24.3 Å². The largest absolute Gasteiger partial charge is 0.416 e. The highest BCUT2D eigenvalue weighted by molar-refractivity contribution is 7.72. The monoisotopic (exact) mass is 210 g/mol. The third-order valence-corrected chi connectivity index (χ3v) is 2.13. The lowest BCUT2D eigenvalue weighted by Crippen LogP contribution is -2.04. The molecule has 0 amide bonds. The summed E-state index contributed by atoms with van der Waals surface area (Å²) in [5.74, 6) is 0. The normalized spacial score (nSPS) is 12.0. The van der Waals surface area contributed by atoms with E-state index in [1.165, 1.54) is 0 Å². The van der Waals surface area contributed by atoms with E-state index in [4.69, 9.17) is 0 Å². The fourth-order valence-corrected chi connectivity index (χ4v) is 1.16. The van der Waals surface area contributed by atoms with E-state index in [2.05, 4.69) is 0 Å². The molecule has 6 heteroatoms. The van der Waals surface area contributed by atoms with E-state index in [9.17, 15) is 21.6 Å². The van der Waals surface area contributed by atoms with Crippen molar-refractivity contribution in [2.24, 2.45) is 0 Å². The van der Waals surface area contributed by atoms with Crippen LogP contribution in [0.25, 0.3) is 0 Å². The van der Waals surface area contributed by atoms with Crippen LogP contribution in [0.15, 0.2) is 29.2 Å². The molecule has 72 valence electrons. The van der Waals surface area contributed by atoms with Crippen LogP contribution in [0.3, 0.4) is 0 Å². The van der Waals surface area contributed by atoms with Crippen LogP contribution in [-0.4, -0.2) is 8.42 Å². The van der Waals surface area contributed by atoms with Crippen molar-refractivity contribution >= 4 is 10.7 Å². The SMILES string of the molecule is O=[SH](=O)c1ccc(C(F)(F)F)cc1. The van der Waals surface area contributed by atoms with Crippen molar-refractivity contribution in [3.05, 3.63) is 29.8 Å². The molecule has 0 bridgehead atoms. The van der Waals surface area contributed by atoms with Gasteiger partial charge in [0.25, 0.3) is 0 Å². The number of alkyl halides is 3. The van der Waals surface area contributed by atoms with Gasteiger partial charge in [-0.15, -0.1) is 0 Å². The number of thiol groups is 1. The number of benzene rings is 1. The molecule has 0 saturated heterocycles. The Hall–Kier alpha value is -1.04. The van der Waals surface area contributed by atoms with E-state index >= 15 is 0 Å². The first-order valence-corrected chi connectivity index (χ1v) is 4.40. The molecule has 13 heavy (non-hydrogen) atoms. The topological polar surface area (TPSA) is 34.1 Å². The molecule has 2 nitrogen and oxygen atoms in total. The fraction of sp³-hybridized carbons (Fsp3) is 0.143. The first-order valence-electron chi connectivity index (χ1n) is 3.23. The summed E-state index contributed by atoms with van der Waals surface area (Å²) < 4.78 is 56.5. The van der Waals surface area contributed by atoms with Crippen LogP contribution in [0, 0.1) is 0 Å². The maximum Gasteiger partial charge on any atom is 0.416 e. The molecule has 0 aliphatic heterocycles. The highest BCUT2D eigenvalue weighted by atomic mass is 32.2. The van der Waals surface area contributed by atoms with Gasteiger partial charge in [0, 0.05) is 0 Å². The van der Waals surface area contributed by atoms with Crippen molar-refractivity contribution in [1.29, 1.82) is 0 Å². The molecule has 0 N–H and O–H groups in total.